The number of nitro benzene ring substituents is 1. The Morgan fingerprint density at radius 1 is 1.40 bits per heavy atom. The number of hydrogen-bond donors (Lipinski definition) is 0. The number of aryl methyl sites for hydroxylation is 1. The fraction of sp³-hybridized carbons (Fsp3) is 0.231. The van der Waals surface area contributed by atoms with E-state index in [9.17, 15) is 32.5 Å². The number of nitro groups is 1. The normalized spacial score (nSPS) is 11.6. The SMILES string of the molecule is CC(=O)Sc1cc(-c2nn(C)c(C(F)(F)F)c2Cl)c(F)cc1[N+](=O)[O-]. The number of carbonyl (C=O) groups is 1. The largest absolute Gasteiger partial charge is 0.434 e. The second kappa shape index (κ2) is 6.64. The summed E-state index contributed by atoms with van der Waals surface area (Å²) >= 11 is 6.15. The highest BCUT2D eigenvalue weighted by molar-refractivity contribution is 8.13. The van der Waals surface area contributed by atoms with Crippen LogP contribution in [0.25, 0.3) is 11.3 Å². The zero-order chi connectivity index (χ0) is 19.1. The average Bonchev–Trinajstić information content (AvgIpc) is 2.74. The summed E-state index contributed by atoms with van der Waals surface area (Å²) in [7, 11) is 0.979. The van der Waals surface area contributed by atoms with Crippen molar-refractivity contribution in [1.82, 2.24) is 9.78 Å². The van der Waals surface area contributed by atoms with Gasteiger partial charge in [0.05, 0.1) is 20.9 Å². The predicted octanol–water partition coefficient (Wildman–Crippen LogP) is 4.45. The number of benzene rings is 1. The van der Waals surface area contributed by atoms with E-state index in [1.807, 2.05) is 0 Å². The molecule has 0 spiro atoms. The molecule has 0 radical (unpaired) electrons. The van der Waals surface area contributed by atoms with Gasteiger partial charge < -0.3 is 0 Å². The number of carbonyl (C=O) groups excluding carboxylic acids is 1. The molecule has 12 heteroatoms. The fourth-order valence-electron chi connectivity index (χ4n) is 2.08. The molecule has 134 valence electrons. The molecule has 0 fully saturated rings. The van der Waals surface area contributed by atoms with Crippen molar-refractivity contribution >= 4 is 34.2 Å². The lowest BCUT2D eigenvalue weighted by Crippen LogP contribution is -2.12. The van der Waals surface area contributed by atoms with Crippen molar-refractivity contribution in [3.05, 3.63) is 38.8 Å². The van der Waals surface area contributed by atoms with Crippen molar-refractivity contribution in [2.75, 3.05) is 0 Å². The predicted molar refractivity (Wildman–Crippen MR) is 81.8 cm³/mol. The van der Waals surface area contributed by atoms with Crippen LogP contribution >= 0.6 is 23.4 Å². The highest BCUT2D eigenvalue weighted by Gasteiger charge is 2.39. The molecular formula is C13H8ClF4N3O3S. The van der Waals surface area contributed by atoms with Crippen LogP contribution in [-0.4, -0.2) is 19.8 Å². The second-order valence-electron chi connectivity index (χ2n) is 4.78. The van der Waals surface area contributed by atoms with Crippen LogP contribution < -0.4 is 0 Å². The van der Waals surface area contributed by atoms with E-state index in [-0.39, 0.29) is 4.90 Å². The van der Waals surface area contributed by atoms with Crippen molar-refractivity contribution < 1.29 is 27.3 Å². The third-order valence-electron chi connectivity index (χ3n) is 3.01. The molecule has 1 heterocycles. The third kappa shape index (κ3) is 3.76. The molecule has 1 aromatic heterocycles. The average molecular weight is 398 g/mol. The van der Waals surface area contributed by atoms with E-state index in [0.717, 1.165) is 20.0 Å². The zero-order valence-electron chi connectivity index (χ0n) is 12.5. The number of alkyl halides is 3. The van der Waals surface area contributed by atoms with Gasteiger partial charge >= 0.3 is 6.18 Å². The Hall–Kier alpha value is -2.14. The molecule has 1 aromatic carbocycles. The molecule has 0 aliphatic carbocycles. The van der Waals surface area contributed by atoms with Gasteiger partial charge in [0, 0.05) is 19.5 Å². The monoisotopic (exact) mass is 397 g/mol. The molecular weight excluding hydrogens is 390 g/mol. The first kappa shape index (κ1) is 19.2. The zero-order valence-corrected chi connectivity index (χ0v) is 14.1. The summed E-state index contributed by atoms with van der Waals surface area (Å²) in [5.41, 5.74) is -2.99. The Morgan fingerprint density at radius 2 is 2.00 bits per heavy atom. The quantitative estimate of drug-likeness (QED) is 0.331. The molecule has 0 amide bonds. The van der Waals surface area contributed by atoms with Gasteiger partial charge in [0.15, 0.2) is 10.8 Å². The first-order valence-corrected chi connectivity index (χ1v) is 7.59. The molecule has 0 aliphatic heterocycles. The van der Waals surface area contributed by atoms with Crippen molar-refractivity contribution in [2.24, 2.45) is 7.05 Å². The Labute approximate surface area is 146 Å². The van der Waals surface area contributed by atoms with Crippen molar-refractivity contribution in [2.45, 2.75) is 18.0 Å². The van der Waals surface area contributed by atoms with Gasteiger partial charge in [0.1, 0.15) is 11.5 Å². The molecule has 0 saturated carbocycles. The first-order valence-electron chi connectivity index (χ1n) is 6.40. The van der Waals surface area contributed by atoms with Crippen LogP contribution in [0.1, 0.15) is 12.6 Å². The lowest BCUT2D eigenvalue weighted by atomic mass is 10.1. The number of nitrogens with zero attached hydrogens (tertiary/aromatic N) is 3. The standard InChI is InChI=1S/C13H8ClF4N3O3S/c1-5(22)25-9-3-6(7(15)4-8(9)21(23)24)11-10(14)12(13(16,17)18)20(2)19-11/h3-4H,1-2H3. The van der Waals surface area contributed by atoms with E-state index in [1.54, 1.807) is 0 Å². The van der Waals surface area contributed by atoms with E-state index in [4.69, 9.17) is 11.6 Å². The van der Waals surface area contributed by atoms with Crippen LogP contribution in [0.3, 0.4) is 0 Å². The number of hydrogen-bond acceptors (Lipinski definition) is 5. The molecule has 25 heavy (non-hydrogen) atoms. The lowest BCUT2D eigenvalue weighted by Gasteiger charge is -2.07. The number of halogens is 5. The minimum Gasteiger partial charge on any atom is -0.287 e. The van der Waals surface area contributed by atoms with Gasteiger partial charge in [-0.15, -0.1) is 0 Å². The van der Waals surface area contributed by atoms with Gasteiger partial charge in [-0.3, -0.25) is 19.6 Å². The topological polar surface area (TPSA) is 78.0 Å². The first-order chi connectivity index (χ1) is 11.4. The maximum atomic E-state index is 14.2. The second-order valence-corrected chi connectivity index (χ2v) is 6.38. The van der Waals surface area contributed by atoms with E-state index in [0.29, 0.717) is 22.5 Å². The van der Waals surface area contributed by atoms with Crippen LogP contribution in [0, 0.1) is 15.9 Å². The Morgan fingerprint density at radius 3 is 2.44 bits per heavy atom. The molecule has 6 nitrogen and oxygen atoms in total. The van der Waals surface area contributed by atoms with E-state index < -0.39 is 49.7 Å². The van der Waals surface area contributed by atoms with Crippen LogP contribution in [-0.2, 0) is 18.0 Å². The van der Waals surface area contributed by atoms with Crippen molar-refractivity contribution in [3.8, 4) is 11.3 Å². The maximum Gasteiger partial charge on any atom is 0.434 e. The van der Waals surface area contributed by atoms with Gasteiger partial charge in [-0.05, 0) is 17.8 Å². The molecule has 2 aromatic rings. The molecule has 0 N–H and O–H groups in total. The Bertz CT molecular complexity index is 882. The summed E-state index contributed by atoms with van der Waals surface area (Å²) in [6.45, 7) is 1.13. The summed E-state index contributed by atoms with van der Waals surface area (Å²) in [4.78, 5) is 21.1. The van der Waals surface area contributed by atoms with Crippen LogP contribution in [0.5, 0.6) is 0 Å². The Balaban J connectivity index is 2.72. The number of rotatable bonds is 3. The summed E-state index contributed by atoms with van der Waals surface area (Å²) in [5, 5.41) is 13.2. The van der Waals surface area contributed by atoms with Crippen LogP contribution in [0.4, 0.5) is 23.2 Å². The van der Waals surface area contributed by atoms with Crippen LogP contribution in [0.15, 0.2) is 17.0 Å². The maximum absolute atomic E-state index is 14.2. The van der Waals surface area contributed by atoms with E-state index in [1.165, 1.54) is 0 Å². The summed E-state index contributed by atoms with van der Waals surface area (Å²) in [5.74, 6) is -1.19. The number of thioether (sulfide) groups is 1. The summed E-state index contributed by atoms with van der Waals surface area (Å²) in [6.07, 6.45) is -4.83. The smallest absolute Gasteiger partial charge is 0.287 e. The van der Waals surface area contributed by atoms with Gasteiger partial charge in [-0.2, -0.15) is 18.3 Å². The molecule has 0 aliphatic rings. The third-order valence-corrected chi connectivity index (χ3v) is 4.20. The number of aromatic nitrogens is 2. The fourth-order valence-corrected chi connectivity index (χ4v) is 3.18. The minimum atomic E-state index is -4.83. The summed E-state index contributed by atoms with van der Waals surface area (Å²) < 4.78 is 53.6. The van der Waals surface area contributed by atoms with Crippen LogP contribution in [0.2, 0.25) is 5.02 Å². The van der Waals surface area contributed by atoms with Gasteiger partial charge in [-0.25, -0.2) is 4.39 Å². The summed E-state index contributed by atoms with van der Waals surface area (Å²) in [6, 6.07) is 1.40. The lowest BCUT2D eigenvalue weighted by molar-refractivity contribution is -0.387. The molecule has 0 unspecified atom stereocenters. The molecule has 0 saturated heterocycles. The Kier molecular flexibility index (Phi) is 5.09. The van der Waals surface area contributed by atoms with Crippen molar-refractivity contribution in [1.29, 1.82) is 0 Å². The van der Waals surface area contributed by atoms with E-state index in [2.05, 4.69) is 5.10 Å². The molecule has 0 bridgehead atoms. The van der Waals surface area contributed by atoms with E-state index >= 15 is 0 Å². The highest BCUT2D eigenvalue weighted by Crippen LogP contribution is 2.42. The molecule has 0 atom stereocenters. The minimum absolute atomic E-state index is 0.232. The van der Waals surface area contributed by atoms with Gasteiger partial charge in [-0.1, -0.05) is 11.6 Å². The van der Waals surface area contributed by atoms with Crippen molar-refractivity contribution in [3.63, 3.8) is 0 Å². The van der Waals surface area contributed by atoms with Gasteiger partial charge in [0.25, 0.3) is 5.69 Å². The highest BCUT2D eigenvalue weighted by atomic mass is 35.5. The molecule has 2 rings (SSSR count). The van der Waals surface area contributed by atoms with Gasteiger partial charge in [0.2, 0.25) is 0 Å².